The maximum Gasteiger partial charge on any atom is 0.323 e. The van der Waals surface area contributed by atoms with Crippen molar-refractivity contribution in [2.75, 3.05) is 37.0 Å². The van der Waals surface area contributed by atoms with Crippen LogP contribution in [0.5, 0.6) is 0 Å². The van der Waals surface area contributed by atoms with Crippen LogP contribution in [-0.4, -0.2) is 49.5 Å². The molecule has 0 aromatic heterocycles. The molecule has 7 nitrogen and oxygen atoms in total. The molecule has 3 N–H and O–H groups in total. The molecule has 1 atom stereocenters. The largest absolute Gasteiger partial charge is 0.480 e. The molecule has 1 heterocycles. The summed E-state index contributed by atoms with van der Waals surface area (Å²) in [5.74, 6) is -1.59. The molecule has 2 rings (SSSR count). The van der Waals surface area contributed by atoms with Gasteiger partial charge in [-0.3, -0.25) is 14.5 Å². The number of ether oxygens (including phenoxy) is 2. The first-order valence-electron chi connectivity index (χ1n) is 6.16. The van der Waals surface area contributed by atoms with Gasteiger partial charge in [0.1, 0.15) is 6.54 Å². The molecule has 0 spiro atoms. The van der Waals surface area contributed by atoms with Crippen molar-refractivity contribution < 1.29 is 24.2 Å². The van der Waals surface area contributed by atoms with Crippen LogP contribution in [0.15, 0.2) is 24.3 Å². The highest BCUT2D eigenvalue weighted by atomic mass is 16.6. The van der Waals surface area contributed by atoms with Crippen LogP contribution in [0, 0.1) is 0 Å². The Morgan fingerprint density at radius 2 is 2.10 bits per heavy atom. The van der Waals surface area contributed by atoms with Crippen molar-refractivity contribution in [2.24, 2.45) is 0 Å². The number of nitrogens with two attached hydrogens (primary N) is 1. The number of nitrogens with zero attached hydrogens (tertiary/aromatic N) is 1. The van der Waals surface area contributed by atoms with Crippen LogP contribution in [0.3, 0.4) is 0 Å². The maximum absolute atomic E-state index is 12.4. The molecule has 0 bridgehead atoms. The van der Waals surface area contributed by atoms with E-state index in [1.165, 1.54) is 0 Å². The average Bonchev–Trinajstić information content (AvgIpc) is 2.46. The minimum atomic E-state index is -1.13. The fraction of sp³-hybridized carbons (Fsp3) is 0.385. The molecule has 7 heteroatoms. The Morgan fingerprint density at radius 3 is 2.70 bits per heavy atom. The number of amides is 1. The number of aliphatic carboxylic acids is 1. The first-order chi connectivity index (χ1) is 9.59. The fourth-order valence-corrected chi connectivity index (χ4v) is 1.95. The lowest BCUT2D eigenvalue weighted by Gasteiger charge is -2.29. The first kappa shape index (κ1) is 14.3. The highest BCUT2D eigenvalue weighted by Gasteiger charge is 2.30. The molecular weight excluding hydrogens is 264 g/mol. The van der Waals surface area contributed by atoms with E-state index in [-0.39, 0.29) is 6.61 Å². The topological polar surface area (TPSA) is 102 Å². The van der Waals surface area contributed by atoms with Gasteiger partial charge in [0.05, 0.1) is 31.2 Å². The summed E-state index contributed by atoms with van der Waals surface area (Å²) < 4.78 is 10.5. The van der Waals surface area contributed by atoms with Gasteiger partial charge in [0, 0.05) is 0 Å². The van der Waals surface area contributed by atoms with E-state index in [0.717, 1.165) is 4.90 Å². The molecule has 1 unspecified atom stereocenters. The van der Waals surface area contributed by atoms with Crippen LogP contribution >= 0.6 is 0 Å². The Balaban J connectivity index is 2.25. The minimum Gasteiger partial charge on any atom is -0.480 e. The number of carboxylic acid groups (broad SMARTS) is 1. The van der Waals surface area contributed by atoms with Gasteiger partial charge in [-0.05, 0) is 12.1 Å². The van der Waals surface area contributed by atoms with Gasteiger partial charge in [0.25, 0.3) is 5.91 Å². The Kier molecular flexibility index (Phi) is 4.54. The second kappa shape index (κ2) is 6.36. The van der Waals surface area contributed by atoms with Crippen molar-refractivity contribution in [2.45, 2.75) is 6.10 Å². The second-order valence-electron chi connectivity index (χ2n) is 4.31. The Hall–Kier alpha value is -2.12. The molecule has 1 aromatic carbocycles. The van der Waals surface area contributed by atoms with Crippen LogP contribution in [0.4, 0.5) is 11.4 Å². The SMILES string of the molecule is Nc1ccccc1N(CC(=O)O)C(=O)C1COCCO1. The van der Waals surface area contributed by atoms with E-state index in [1.807, 2.05) is 0 Å². The van der Waals surface area contributed by atoms with Crippen LogP contribution in [0.25, 0.3) is 0 Å². The molecule has 20 heavy (non-hydrogen) atoms. The predicted octanol–water partition coefficient (Wildman–Crippen LogP) is 0.102. The highest BCUT2D eigenvalue weighted by molar-refractivity contribution is 6.02. The van der Waals surface area contributed by atoms with Crippen molar-refractivity contribution in [1.82, 2.24) is 0 Å². The van der Waals surface area contributed by atoms with E-state index >= 15 is 0 Å². The van der Waals surface area contributed by atoms with Gasteiger partial charge in [0.15, 0.2) is 6.10 Å². The van der Waals surface area contributed by atoms with Gasteiger partial charge in [-0.25, -0.2) is 0 Å². The monoisotopic (exact) mass is 280 g/mol. The third kappa shape index (κ3) is 3.25. The van der Waals surface area contributed by atoms with Crippen LogP contribution in [-0.2, 0) is 19.1 Å². The standard InChI is InChI=1S/C13H16N2O5/c14-9-3-1-2-4-10(9)15(7-12(16)17)13(18)11-8-19-5-6-20-11/h1-4,11H,5-8,14H2,(H,16,17). The van der Waals surface area contributed by atoms with E-state index in [9.17, 15) is 9.59 Å². The molecule has 1 fully saturated rings. The number of carbonyl (C=O) groups is 2. The lowest BCUT2D eigenvalue weighted by Crippen LogP contribution is -2.47. The Morgan fingerprint density at radius 1 is 1.35 bits per heavy atom. The van der Waals surface area contributed by atoms with Crippen molar-refractivity contribution >= 4 is 23.3 Å². The molecule has 1 aliphatic rings. The molecule has 108 valence electrons. The number of rotatable bonds is 4. The summed E-state index contributed by atoms with van der Waals surface area (Å²) in [4.78, 5) is 24.5. The molecule has 0 aliphatic carbocycles. The van der Waals surface area contributed by atoms with Gasteiger partial charge in [-0.1, -0.05) is 12.1 Å². The third-order valence-electron chi connectivity index (χ3n) is 2.88. The summed E-state index contributed by atoms with van der Waals surface area (Å²) in [6.45, 7) is 0.367. The van der Waals surface area contributed by atoms with Crippen molar-refractivity contribution in [3.8, 4) is 0 Å². The number of hydrogen-bond acceptors (Lipinski definition) is 5. The summed E-state index contributed by atoms with van der Waals surface area (Å²) in [6, 6.07) is 6.60. The number of benzene rings is 1. The lowest BCUT2D eigenvalue weighted by molar-refractivity contribution is -0.147. The third-order valence-corrected chi connectivity index (χ3v) is 2.88. The molecular formula is C13H16N2O5. The van der Waals surface area contributed by atoms with Crippen LogP contribution in [0.2, 0.25) is 0 Å². The summed E-state index contributed by atoms with van der Waals surface area (Å²) in [5.41, 5.74) is 6.49. The van der Waals surface area contributed by atoms with Crippen molar-refractivity contribution in [1.29, 1.82) is 0 Å². The van der Waals surface area contributed by atoms with E-state index < -0.39 is 24.5 Å². The number of para-hydroxylation sites is 2. The molecule has 1 amide bonds. The number of carbonyl (C=O) groups excluding carboxylic acids is 1. The summed E-state index contributed by atoms with van der Waals surface area (Å²) in [6.07, 6.45) is -0.803. The average molecular weight is 280 g/mol. The number of nitrogen functional groups attached to an aromatic ring is 1. The summed E-state index contributed by atoms with van der Waals surface area (Å²) >= 11 is 0. The maximum atomic E-state index is 12.4. The highest BCUT2D eigenvalue weighted by Crippen LogP contribution is 2.23. The molecule has 1 aliphatic heterocycles. The normalized spacial score (nSPS) is 18.5. The Labute approximate surface area is 115 Å². The van der Waals surface area contributed by atoms with Gasteiger partial charge in [-0.15, -0.1) is 0 Å². The molecule has 1 aromatic rings. The van der Waals surface area contributed by atoms with Gasteiger partial charge in [-0.2, -0.15) is 0 Å². The van der Waals surface area contributed by atoms with Gasteiger partial charge < -0.3 is 20.3 Å². The lowest BCUT2D eigenvalue weighted by atomic mass is 10.2. The minimum absolute atomic E-state index is 0.113. The zero-order valence-electron chi connectivity index (χ0n) is 10.8. The number of hydrogen-bond donors (Lipinski definition) is 2. The summed E-state index contributed by atoms with van der Waals surface area (Å²) in [5, 5.41) is 8.98. The predicted molar refractivity (Wildman–Crippen MR) is 71.4 cm³/mol. The first-order valence-corrected chi connectivity index (χ1v) is 6.16. The van der Waals surface area contributed by atoms with Crippen LogP contribution in [0.1, 0.15) is 0 Å². The zero-order valence-corrected chi connectivity index (χ0v) is 10.8. The smallest absolute Gasteiger partial charge is 0.323 e. The van der Waals surface area contributed by atoms with E-state index in [0.29, 0.717) is 24.6 Å². The van der Waals surface area contributed by atoms with Gasteiger partial charge >= 0.3 is 5.97 Å². The van der Waals surface area contributed by atoms with Gasteiger partial charge in [0.2, 0.25) is 0 Å². The van der Waals surface area contributed by atoms with Crippen molar-refractivity contribution in [3.05, 3.63) is 24.3 Å². The number of anilines is 2. The molecule has 0 radical (unpaired) electrons. The van der Waals surface area contributed by atoms with Crippen molar-refractivity contribution in [3.63, 3.8) is 0 Å². The van der Waals surface area contributed by atoms with Crippen LogP contribution < -0.4 is 10.6 Å². The Bertz CT molecular complexity index is 499. The van der Waals surface area contributed by atoms with E-state index in [2.05, 4.69) is 0 Å². The number of carboxylic acids is 1. The quantitative estimate of drug-likeness (QED) is 0.758. The zero-order chi connectivity index (χ0) is 14.5. The molecule has 0 saturated carbocycles. The van der Waals surface area contributed by atoms with E-state index in [1.54, 1.807) is 24.3 Å². The van der Waals surface area contributed by atoms with E-state index in [4.69, 9.17) is 20.3 Å². The fourth-order valence-electron chi connectivity index (χ4n) is 1.95. The second-order valence-corrected chi connectivity index (χ2v) is 4.31. The summed E-state index contributed by atoms with van der Waals surface area (Å²) in [7, 11) is 0. The molecule has 1 saturated heterocycles.